The lowest BCUT2D eigenvalue weighted by Gasteiger charge is -2.36. The smallest absolute Gasteiger partial charge is 0.228 e. The van der Waals surface area contributed by atoms with Crippen molar-refractivity contribution in [1.82, 2.24) is 24.5 Å². The van der Waals surface area contributed by atoms with Gasteiger partial charge in [-0.1, -0.05) is 11.2 Å². The highest BCUT2D eigenvalue weighted by Crippen LogP contribution is 2.27. The standard InChI is InChI=1S/C26H31FN8O3S/c27-20-16-19(38-18-5-14-39(36)15-6-18)3-4-22(20)34-11-9-33(10-12-34)8-7-29-26-30-24-17-21(23-2-1-13-37-23)32-35(24)25(28)31-26/h1-4,13,16-18H,5-12,14-15H2,(H3,28,29,30,31)/t18-,39+. The average molecular weight is 555 g/mol. The van der Waals surface area contributed by atoms with Gasteiger partial charge in [-0.05, 0) is 24.3 Å². The molecule has 5 heterocycles. The molecule has 0 aliphatic carbocycles. The Kier molecular flexibility index (Phi) is 7.44. The summed E-state index contributed by atoms with van der Waals surface area (Å²) in [5, 5.41) is 7.66. The number of nitrogens with one attached hydrogen (secondary N) is 1. The summed E-state index contributed by atoms with van der Waals surface area (Å²) >= 11 is -0.742. The van der Waals surface area contributed by atoms with E-state index in [9.17, 15) is 8.94 Å². The van der Waals surface area contributed by atoms with E-state index in [4.69, 9.17) is 14.9 Å². The summed E-state index contributed by atoms with van der Waals surface area (Å²) in [4.78, 5) is 13.2. The number of piperazine rings is 1. The number of halogens is 1. The molecule has 206 valence electrons. The zero-order chi connectivity index (χ0) is 26.8. The molecular formula is C26H31FN8O3S. The number of ether oxygens (including phenoxy) is 1. The van der Waals surface area contributed by atoms with Gasteiger partial charge in [-0.2, -0.15) is 19.6 Å². The van der Waals surface area contributed by atoms with Gasteiger partial charge in [0.2, 0.25) is 11.9 Å². The number of aromatic nitrogens is 4. The second-order valence-corrected chi connectivity index (χ2v) is 11.4. The molecule has 0 amide bonds. The molecule has 0 bridgehead atoms. The van der Waals surface area contributed by atoms with Crippen molar-refractivity contribution in [3.8, 4) is 17.2 Å². The van der Waals surface area contributed by atoms with E-state index in [1.54, 1.807) is 24.5 Å². The minimum absolute atomic E-state index is 0.00756. The van der Waals surface area contributed by atoms with Crippen LogP contribution in [0.4, 0.5) is 22.0 Å². The topological polar surface area (TPSA) is 133 Å². The molecule has 2 saturated heterocycles. The molecule has 6 rings (SSSR count). The highest BCUT2D eigenvalue weighted by molar-refractivity contribution is 7.91. The van der Waals surface area contributed by atoms with E-state index in [0.717, 1.165) is 45.6 Å². The first-order valence-corrected chi connectivity index (χ1v) is 14.6. The van der Waals surface area contributed by atoms with Crippen molar-refractivity contribution in [3.05, 3.63) is 48.5 Å². The van der Waals surface area contributed by atoms with Crippen molar-refractivity contribution in [3.63, 3.8) is 0 Å². The summed E-state index contributed by atoms with van der Waals surface area (Å²) in [6.45, 7) is 4.52. The van der Waals surface area contributed by atoms with E-state index in [-0.39, 0.29) is 17.9 Å². The SMILES string of the molecule is Nc1nc(NCCN2CCN(c3ccc(O[C@H]4CC[S@@+]([O-])CC4)cc3F)CC2)nc2cc(-c3ccco3)nn12. The summed E-state index contributed by atoms with van der Waals surface area (Å²) < 4.78 is 39.3. The molecule has 0 saturated carbocycles. The summed E-state index contributed by atoms with van der Waals surface area (Å²) in [5.41, 5.74) is 7.91. The predicted molar refractivity (Wildman–Crippen MR) is 148 cm³/mol. The molecule has 1 aromatic carbocycles. The van der Waals surface area contributed by atoms with Crippen molar-refractivity contribution in [2.75, 3.05) is 66.7 Å². The maximum atomic E-state index is 14.9. The molecule has 2 aliphatic rings. The average Bonchev–Trinajstić information content (AvgIpc) is 3.61. The first kappa shape index (κ1) is 25.7. The van der Waals surface area contributed by atoms with Crippen LogP contribution in [0, 0.1) is 5.82 Å². The molecular weight excluding hydrogens is 523 g/mol. The molecule has 3 N–H and O–H groups in total. The fourth-order valence-electron chi connectivity index (χ4n) is 4.97. The van der Waals surface area contributed by atoms with Gasteiger partial charge in [-0.15, -0.1) is 0 Å². The maximum absolute atomic E-state index is 14.9. The Morgan fingerprint density at radius 3 is 2.69 bits per heavy atom. The number of nitrogens with two attached hydrogens (primary N) is 1. The molecule has 4 aromatic rings. The highest BCUT2D eigenvalue weighted by atomic mass is 32.2. The fourth-order valence-corrected chi connectivity index (χ4v) is 6.23. The van der Waals surface area contributed by atoms with Gasteiger partial charge in [0.1, 0.15) is 34.9 Å². The number of rotatable bonds is 8. The number of nitrogens with zero attached hydrogens (tertiary/aromatic N) is 6. The van der Waals surface area contributed by atoms with Crippen LogP contribution >= 0.6 is 0 Å². The van der Waals surface area contributed by atoms with Crippen molar-refractivity contribution in [2.45, 2.75) is 18.9 Å². The molecule has 11 nitrogen and oxygen atoms in total. The van der Waals surface area contributed by atoms with Crippen LogP contribution in [0.1, 0.15) is 12.8 Å². The largest absolute Gasteiger partial charge is 0.616 e. The second-order valence-electron chi connectivity index (χ2n) is 9.72. The third-order valence-electron chi connectivity index (χ3n) is 7.10. The zero-order valence-electron chi connectivity index (χ0n) is 21.5. The third-order valence-corrected chi connectivity index (χ3v) is 8.49. The van der Waals surface area contributed by atoms with Crippen molar-refractivity contribution in [2.24, 2.45) is 0 Å². The molecule has 0 spiro atoms. The Morgan fingerprint density at radius 1 is 1.13 bits per heavy atom. The molecule has 39 heavy (non-hydrogen) atoms. The molecule has 3 aromatic heterocycles. The van der Waals surface area contributed by atoms with Gasteiger partial charge in [-0.3, -0.25) is 4.90 Å². The molecule has 0 unspecified atom stereocenters. The zero-order valence-corrected chi connectivity index (χ0v) is 22.3. The fraction of sp³-hybridized carbons (Fsp3) is 0.423. The van der Waals surface area contributed by atoms with Crippen LogP contribution < -0.4 is 20.7 Å². The third kappa shape index (κ3) is 5.89. The van der Waals surface area contributed by atoms with Gasteiger partial charge in [0, 0.05) is 64.2 Å². The normalized spacial score (nSPS) is 20.4. The lowest BCUT2D eigenvalue weighted by atomic mass is 10.2. The summed E-state index contributed by atoms with van der Waals surface area (Å²) in [6.07, 6.45) is 3.09. The van der Waals surface area contributed by atoms with Gasteiger partial charge in [0.15, 0.2) is 11.4 Å². The van der Waals surface area contributed by atoms with Crippen LogP contribution in [-0.4, -0.2) is 85.9 Å². The van der Waals surface area contributed by atoms with Gasteiger partial charge in [-0.25, -0.2) is 4.39 Å². The molecule has 13 heteroatoms. The lowest BCUT2D eigenvalue weighted by Crippen LogP contribution is -2.48. The minimum atomic E-state index is -0.742. The number of benzene rings is 1. The van der Waals surface area contributed by atoms with Crippen LogP contribution in [0.15, 0.2) is 47.1 Å². The Balaban J connectivity index is 0.985. The van der Waals surface area contributed by atoms with Crippen LogP contribution in [0.5, 0.6) is 5.75 Å². The number of anilines is 3. The van der Waals surface area contributed by atoms with E-state index >= 15 is 0 Å². The molecule has 2 fully saturated rings. The second kappa shape index (κ2) is 11.3. The quantitative estimate of drug-likeness (QED) is 0.313. The van der Waals surface area contributed by atoms with Gasteiger partial charge < -0.3 is 29.7 Å². The van der Waals surface area contributed by atoms with Gasteiger partial charge in [0.25, 0.3) is 0 Å². The Hall–Kier alpha value is -3.55. The summed E-state index contributed by atoms with van der Waals surface area (Å²) in [7, 11) is 0. The molecule has 0 atom stereocenters. The van der Waals surface area contributed by atoms with Crippen LogP contribution in [0.3, 0.4) is 0 Å². The molecule has 0 radical (unpaired) electrons. The van der Waals surface area contributed by atoms with Gasteiger partial charge in [0.05, 0.1) is 12.0 Å². The van der Waals surface area contributed by atoms with Crippen LogP contribution in [0.2, 0.25) is 0 Å². The number of nitrogen functional groups attached to an aromatic ring is 1. The first-order chi connectivity index (χ1) is 19.0. The Bertz CT molecular complexity index is 1400. The number of hydrogen-bond acceptors (Lipinski definition) is 10. The highest BCUT2D eigenvalue weighted by Gasteiger charge is 2.24. The van der Waals surface area contributed by atoms with Crippen LogP contribution in [0.25, 0.3) is 17.1 Å². The monoisotopic (exact) mass is 554 g/mol. The predicted octanol–water partition coefficient (Wildman–Crippen LogP) is 2.63. The summed E-state index contributed by atoms with van der Waals surface area (Å²) in [6, 6.07) is 10.5. The first-order valence-electron chi connectivity index (χ1n) is 13.1. The Labute approximate surface area is 228 Å². The number of fused-ring (bicyclic) bond motifs is 1. The molecule has 2 aliphatic heterocycles. The summed E-state index contributed by atoms with van der Waals surface area (Å²) in [5.74, 6) is 2.88. The van der Waals surface area contributed by atoms with Crippen molar-refractivity contribution in [1.29, 1.82) is 0 Å². The van der Waals surface area contributed by atoms with E-state index in [2.05, 4.69) is 30.2 Å². The van der Waals surface area contributed by atoms with E-state index in [1.165, 1.54) is 10.6 Å². The number of furan rings is 1. The number of hydrogen-bond donors (Lipinski definition) is 2. The maximum Gasteiger partial charge on any atom is 0.228 e. The van der Waals surface area contributed by atoms with E-state index < -0.39 is 11.2 Å². The van der Waals surface area contributed by atoms with E-state index in [1.807, 2.05) is 12.1 Å². The van der Waals surface area contributed by atoms with Crippen LogP contribution in [-0.2, 0) is 11.2 Å². The van der Waals surface area contributed by atoms with Gasteiger partial charge >= 0.3 is 0 Å². The van der Waals surface area contributed by atoms with Crippen molar-refractivity contribution < 1.29 is 18.1 Å². The van der Waals surface area contributed by atoms with E-state index in [0.29, 0.717) is 52.5 Å². The Morgan fingerprint density at radius 2 is 1.95 bits per heavy atom. The van der Waals surface area contributed by atoms with Crippen molar-refractivity contribution >= 4 is 34.4 Å². The minimum Gasteiger partial charge on any atom is -0.616 e. The lowest BCUT2D eigenvalue weighted by molar-refractivity contribution is 0.189.